The largest absolute Gasteiger partial charge is 0.370 e. The Kier molecular flexibility index (Phi) is 4.49. The van der Waals surface area contributed by atoms with Gasteiger partial charge in [0.05, 0.1) is 0 Å². The molecule has 13 heteroatoms. The summed E-state index contributed by atoms with van der Waals surface area (Å²) >= 11 is 0. The molecule has 0 aromatic heterocycles. The van der Waals surface area contributed by atoms with Crippen molar-refractivity contribution in [1.82, 2.24) is 0 Å². The Morgan fingerprint density at radius 2 is 1.32 bits per heavy atom. The molecule has 1 saturated carbocycles. The first-order chi connectivity index (χ1) is 10.7. The Bertz CT molecular complexity index is 696. The van der Waals surface area contributed by atoms with Gasteiger partial charge in [0.2, 0.25) is 11.3 Å². The molecule has 0 aliphatic heterocycles. The summed E-state index contributed by atoms with van der Waals surface area (Å²) in [6.45, 7) is 2.74. The summed E-state index contributed by atoms with van der Waals surface area (Å²) in [5, 5.41) is -6.86. The quantitative estimate of drug-likeness (QED) is 0.438. The average molecular weight is 406 g/mol. The Hall–Kier alpha value is -1.24. The molecule has 3 atom stereocenters. The van der Waals surface area contributed by atoms with E-state index < -0.39 is 56.7 Å². The van der Waals surface area contributed by atoms with Gasteiger partial charge in [-0.25, -0.2) is 13.2 Å². The molecule has 0 bridgehead atoms. The van der Waals surface area contributed by atoms with E-state index in [1.165, 1.54) is 0 Å². The second-order valence-corrected chi connectivity index (χ2v) is 6.99. The SMILES string of the molecule is C=C(/C=C/C)C1(F)C(C)(F)C(F)(F)C(F)(S(=O)(=O)O)C(F)(F)C1(F)F. The van der Waals surface area contributed by atoms with Crippen molar-refractivity contribution in [3.8, 4) is 0 Å². The molecule has 1 fully saturated rings. The van der Waals surface area contributed by atoms with Crippen molar-refractivity contribution in [2.75, 3.05) is 0 Å². The van der Waals surface area contributed by atoms with Crippen LogP contribution in [0.1, 0.15) is 13.8 Å². The topological polar surface area (TPSA) is 54.4 Å². The molecular formula is C12H11F9O3S. The van der Waals surface area contributed by atoms with E-state index in [1.54, 1.807) is 0 Å². The highest BCUT2D eigenvalue weighted by atomic mass is 32.2. The van der Waals surface area contributed by atoms with Crippen LogP contribution in [0.25, 0.3) is 0 Å². The molecule has 0 amide bonds. The van der Waals surface area contributed by atoms with Crippen molar-refractivity contribution in [3.63, 3.8) is 0 Å². The van der Waals surface area contributed by atoms with Gasteiger partial charge in [-0.3, -0.25) is 4.55 Å². The smallest absolute Gasteiger partial charge is 0.283 e. The molecule has 25 heavy (non-hydrogen) atoms. The fourth-order valence-corrected chi connectivity index (χ4v) is 3.54. The summed E-state index contributed by atoms with van der Waals surface area (Å²) in [5.74, 6) is -20.4. The second kappa shape index (κ2) is 5.15. The fourth-order valence-electron chi connectivity index (χ4n) is 2.57. The van der Waals surface area contributed by atoms with Gasteiger partial charge in [-0.15, -0.1) is 0 Å². The van der Waals surface area contributed by atoms with Gasteiger partial charge in [0.1, 0.15) is 0 Å². The number of alkyl halides is 9. The van der Waals surface area contributed by atoms with Gasteiger partial charge in [-0.05, 0) is 19.4 Å². The first-order valence-electron chi connectivity index (χ1n) is 6.22. The van der Waals surface area contributed by atoms with Gasteiger partial charge in [0.25, 0.3) is 0 Å². The number of hydrogen-bond donors (Lipinski definition) is 1. The van der Waals surface area contributed by atoms with E-state index >= 15 is 0 Å². The third kappa shape index (κ3) is 1.96. The van der Waals surface area contributed by atoms with Crippen LogP contribution in [0, 0.1) is 0 Å². The molecule has 0 spiro atoms. The molecule has 1 N–H and O–H groups in total. The first kappa shape index (κ1) is 21.8. The average Bonchev–Trinajstić information content (AvgIpc) is 2.42. The minimum atomic E-state index is -7.37. The number of rotatable bonds is 3. The summed E-state index contributed by atoms with van der Waals surface area (Å²) in [4.78, 5) is 0. The zero-order valence-electron chi connectivity index (χ0n) is 12.4. The number of hydrogen-bond acceptors (Lipinski definition) is 2. The van der Waals surface area contributed by atoms with E-state index in [-0.39, 0.29) is 6.08 Å². The third-order valence-corrected chi connectivity index (χ3v) is 5.26. The molecule has 0 aromatic carbocycles. The van der Waals surface area contributed by atoms with Gasteiger partial charge in [-0.2, -0.15) is 34.8 Å². The van der Waals surface area contributed by atoms with Crippen molar-refractivity contribution in [2.45, 2.75) is 48.0 Å². The molecule has 1 aliphatic carbocycles. The Labute approximate surface area is 135 Å². The second-order valence-electron chi connectivity index (χ2n) is 5.48. The predicted molar refractivity (Wildman–Crippen MR) is 67.5 cm³/mol. The van der Waals surface area contributed by atoms with Gasteiger partial charge in [0, 0.05) is 0 Å². The van der Waals surface area contributed by atoms with Gasteiger partial charge >= 0.3 is 32.9 Å². The maximum absolute atomic E-state index is 14.8. The van der Waals surface area contributed by atoms with E-state index in [2.05, 4.69) is 6.58 Å². The highest BCUT2D eigenvalue weighted by Gasteiger charge is 3.01. The standard InChI is InChI=1S/C12H11F9O3S/c1-4-5-6(2)8(14)7(3,13)9(15,16)12(21,25(22,23)24)11(19,20)10(8,17)18/h4-5H,2H2,1,3H3,(H,22,23,24)/b5-4+. The highest BCUT2D eigenvalue weighted by Crippen LogP contribution is 2.71. The van der Waals surface area contributed by atoms with Crippen molar-refractivity contribution >= 4 is 10.1 Å². The molecular weight excluding hydrogens is 395 g/mol. The Morgan fingerprint density at radius 3 is 1.64 bits per heavy atom. The van der Waals surface area contributed by atoms with Crippen LogP contribution in [-0.2, 0) is 10.1 Å². The van der Waals surface area contributed by atoms with Crippen LogP contribution in [0.3, 0.4) is 0 Å². The van der Waals surface area contributed by atoms with Crippen LogP contribution in [0.2, 0.25) is 0 Å². The van der Waals surface area contributed by atoms with E-state index in [0.29, 0.717) is 6.08 Å². The fraction of sp³-hybridized carbons (Fsp3) is 0.667. The lowest BCUT2D eigenvalue weighted by Gasteiger charge is -2.56. The zero-order valence-corrected chi connectivity index (χ0v) is 13.3. The van der Waals surface area contributed by atoms with E-state index in [9.17, 15) is 47.9 Å². The highest BCUT2D eigenvalue weighted by molar-refractivity contribution is 7.87. The van der Waals surface area contributed by atoms with Crippen LogP contribution >= 0.6 is 0 Å². The minimum absolute atomic E-state index is 0.149. The molecule has 0 aromatic rings. The van der Waals surface area contributed by atoms with Gasteiger partial charge < -0.3 is 0 Å². The molecule has 3 nitrogen and oxygen atoms in total. The van der Waals surface area contributed by atoms with Crippen molar-refractivity contribution < 1.29 is 52.5 Å². The van der Waals surface area contributed by atoms with Crippen LogP contribution < -0.4 is 0 Å². The van der Waals surface area contributed by atoms with Crippen LogP contribution in [0.15, 0.2) is 24.3 Å². The molecule has 3 unspecified atom stereocenters. The molecule has 1 rings (SSSR count). The Balaban J connectivity index is 4.14. The van der Waals surface area contributed by atoms with Crippen LogP contribution in [-0.4, -0.2) is 47.1 Å². The summed E-state index contributed by atoms with van der Waals surface area (Å²) in [6, 6.07) is 0. The lowest BCUT2D eigenvalue weighted by Crippen LogP contribution is -2.86. The summed E-state index contributed by atoms with van der Waals surface area (Å²) in [5.41, 5.74) is -13.1. The lowest BCUT2D eigenvalue weighted by molar-refractivity contribution is -0.406. The lowest BCUT2D eigenvalue weighted by atomic mass is 9.64. The van der Waals surface area contributed by atoms with Crippen molar-refractivity contribution in [2.24, 2.45) is 0 Å². The van der Waals surface area contributed by atoms with Gasteiger partial charge in [-0.1, -0.05) is 18.7 Å². The monoisotopic (exact) mass is 406 g/mol. The molecule has 0 radical (unpaired) electrons. The van der Waals surface area contributed by atoms with E-state index in [1.807, 2.05) is 0 Å². The van der Waals surface area contributed by atoms with Crippen LogP contribution in [0.4, 0.5) is 39.5 Å². The summed E-state index contributed by atoms with van der Waals surface area (Å²) in [7, 11) is -7.37. The summed E-state index contributed by atoms with van der Waals surface area (Å²) < 4.78 is 157. The number of allylic oxidation sites excluding steroid dienone is 3. The van der Waals surface area contributed by atoms with E-state index in [4.69, 9.17) is 4.55 Å². The third-order valence-electron chi connectivity index (χ3n) is 4.04. The number of halogens is 9. The minimum Gasteiger partial charge on any atom is -0.283 e. The zero-order chi connectivity index (χ0) is 20.5. The maximum atomic E-state index is 14.8. The first-order valence-corrected chi connectivity index (χ1v) is 7.66. The molecule has 146 valence electrons. The Morgan fingerprint density at radius 1 is 0.920 bits per heavy atom. The van der Waals surface area contributed by atoms with E-state index in [0.717, 1.165) is 6.92 Å². The van der Waals surface area contributed by atoms with Crippen molar-refractivity contribution in [1.29, 1.82) is 0 Å². The summed E-state index contributed by atoms with van der Waals surface area (Å²) in [6.07, 6.45) is 0.808. The normalized spacial score (nSPS) is 40.2. The molecule has 0 saturated heterocycles. The van der Waals surface area contributed by atoms with Gasteiger partial charge in [0.15, 0.2) is 0 Å². The molecule has 0 heterocycles. The molecule has 1 aliphatic rings. The van der Waals surface area contributed by atoms with Crippen molar-refractivity contribution in [3.05, 3.63) is 24.3 Å². The van der Waals surface area contributed by atoms with Crippen LogP contribution in [0.5, 0.6) is 0 Å². The predicted octanol–water partition coefficient (Wildman–Crippen LogP) is 4.03. The maximum Gasteiger partial charge on any atom is 0.370 e.